The third kappa shape index (κ3) is 6.08. The quantitative estimate of drug-likeness (QED) is 0.477. The van der Waals surface area contributed by atoms with Gasteiger partial charge in [-0.1, -0.05) is 18.2 Å². The topological polar surface area (TPSA) is 102 Å². The highest BCUT2D eigenvalue weighted by Gasteiger charge is 2.22. The van der Waals surface area contributed by atoms with Gasteiger partial charge in [0.15, 0.2) is 13.2 Å². The molecule has 1 heterocycles. The molecule has 0 spiro atoms. The van der Waals surface area contributed by atoms with Crippen molar-refractivity contribution < 1.29 is 27.5 Å². The SMILES string of the molecule is Cc1cccc(NC(=O)COC(=O)COc2ccc(N(C)S(=O)(=O)c3cccs3)cc2)c1. The molecule has 0 unspecified atom stereocenters. The molecular weight excluding hydrogens is 452 g/mol. The maximum absolute atomic E-state index is 12.6. The van der Waals surface area contributed by atoms with Gasteiger partial charge in [-0.3, -0.25) is 9.10 Å². The molecule has 168 valence electrons. The Hall–Kier alpha value is -3.37. The maximum Gasteiger partial charge on any atom is 0.344 e. The number of rotatable bonds is 9. The van der Waals surface area contributed by atoms with Crippen LogP contribution in [0.15, 0.2) is 70.3 Å². The van der Waals surface area contributed by atoms with Gasteiger partial charge in [-0.25, -0.2) is 13.2 Å². The van der Waals surface area contributed by atoms with Crippen LogP contribution in [0.2, 0.25) is 0 Å². The number of thiophene rings is 1. The second kappa shape index (κ2) is 10.3. The molecule has 0 radical (unpaired) electrons. The number of hydrogen-bond acceptors (Lipinski definition) is 7. The fourth-order valence-electron chi connectivity index (χ4n) is 2.69. The Kier molecular flexibility index (Phi) is 7.49. The number of nitrogens with zero attached hydrogens (tertiary/aromatic N) is 1. The average molecular weight is 475 g/mol. The molecule has 32 heavy (non-hydrogen) atoms. The predicted octanol–water partition coefficient (Wildman–Crippen LogP) is 3.44. The number of esters is 1. The van der Waals surface area contributed by atoms with E-state index in [4.69, 9.17) is 9.47 Å². The summed E-state index contributed by atoms with van der Waals surface area (Å²) < 4.78 is 36.8. The molecule has 3 aromatic rings. The number of hydrogen-bond donors (Lipinski definition) is 1. The Balaban J connectivity index is 1.46. The van der Waals surface area contributed by atoms with Crippen LogP contribution < -0.4 is 14.4 Å². The molecule has 1 N–H and O–H groups in total. The van der Waals surface area contributed by atoms with Gasteiger partial charge in [0.05, 0.1) is 5.69 Å². The van der Waals surface area contributed by atoms with Crippen LogP contribution >= 0.6 is 11.3 Å². The fraction of sp³-hybridized carbons (Fsp3) is 0.182. The average Bonchev–Trinajstić information content (AvgIpc) is 3.32. The summed E-state index contributed by atoms with van der Waals surface area (Å²) in [6.07, 6.45) is 0. The molecule has 0 fully saturated rings. The standard InChI is InChI=1S/C22H22N2O6S2/c1-16-5-3-6-17(13-16)23-20(25)14-30-21(26)15-29-19-10-8-18(9-11-19)24(2)32(27,28)22-7-4-12-31-22/h3-13H,14-15H2,1-2H3,(H,23,25). The van der Waals surface area contributed by atoms with Crippen LogP contribution in [0.4, 0.5) is 11.4 Å². The van der Waals surface area contributed by atoms with Crippen LogP contribution in [0.25, 0.3) is 0 Å². The lowest BCUT2D eigenvalue weighted by Crippen LogP contribution is -2.25. The molecule has 1 aromatic heterocycles. The van der Waals surface area contributed by atoms with Crippen LogP contribution in [-0.4, -0.2) is 40.6 Å². The Labute approximate surface area is 190 Å². The first kappa shape index (κ1) is 23.3. The summed E-state index contributed by atoms with van der Waals surface area (Å²) >= 11 is 1.14. The minimum absolute atomic E-state index is 0.245. The van der Waals surface area contributed by atoms with E-state index in [0.29, 0.717) is 17.1 Å². The molecule has 0 aliphatic heterocycles. The second-order valence-electron chi connectivity index (χ2n) is 6.77. The number of sulfonamides is 1. The van der Waals surface area contributed by atoms with E-state index >= 15 is 0 Å². The van der Waals surface area contributed by atoms with Gasteiger partial charge in [0.2, 0.25) is 0 Å². The van der Waals surface area contributed by atoms with E-state index < -0.39 is 28.5 Å². The summed E-state index contributed by atoms with van der Waals surface area (Å²) in [5.41, 5.74) is 2.06. The monoisotopic (exact) mass is 474 g/mol. The summed E-state index contributed by atoms with van der Waals surface area (Å²) in [6, 6.07) is 16.7. The molecule has 0 atom stereocenters. The molecule has 0 aliphatic carbocycles. The third-order valence-electron chi connectivity index (χ3n) is 4.33. The first-order valence-corrected chi connectivity index (χ1v) is 11.8. The van der Waals surface area contributed by atoms with E-state index in [0.717, 1.165) is 16.9 Å². The number of carbonyl (C=O) groups excluding carboxylic acids is 2. The molecular formula is C22H22N2O6S2. The van der Waals surface area contributed by atoms with Gasteiger partial charge < -0.3 is 14.8 Å². The second-order valence-corrected chi connectivity index (χ2v) is 9.91. The zero-order valence-corrected chi connectivity index (χ0v) is 19.1. The van der Waals surface area contributed by atoms with Gasteiger partial charge in [-0.05, 0) is 60.3 Å². The minimum atomic E-state index is -3.63. The van der Waals surface area contributed by atoms with Gasteiger partial charge in [-0.15, -0.1) is 11.3 Å². The number of carbonyl (C=O) groups is 2. The number of amides is 1. The largest absolute Gasteiger partial charge is 0.482 e. The van der Waals surface area contributed by atoms with Gasteiger partial charge in [0, 0.05) is 12.7 Å². The van der Waals surface area contributed by atoms with E-state index in [-0.39, 0.29) is 10.8 Å². The van der Waals surface area contributed by atoms with Gasteiger partial charge in [-0.2, -0.15) is 0 Å². The summed E-state index contributed by atoms with van der Waals surface area (Å²) in [4.78, 5) is 23.7. The number of benzene rings is 2. The van der Waals surface area contributed by atoms with Crippen molar-refractivity contribution in [2.45, 2.75) is 11.1 Å². The summed E-state index contributed by atoms with van der Waals surface area (Å²) in [7, 11) is -2.17. The lowest BCUT2D eigenvalue weighted by Gasteiger charge is -2.18. The Bertz CT molecular complexity index is 1180. The van der Waals surface area contributed by atoms with E-state index in [2.05, 4.69) is 5.32 Å². The van der Waals surface area contributed by atoms with Crippen LogP contribution in [0.3, 0.4) is 0 Å². The number of nitrogens with one attached hydrogen (secondary N) is 1. The minimum Gasteiger partial charge on any atom is -0.482 e. The molecule has 8 nitrogen and oxygen atoms in total. The van der Waals surface area contributed by atoms with Crippen molar-refractivity contribution in [3.05, 3.63) is 71.6 Å². The highest BCUT2D eigenvalue weighted by atomic mass is 32.2. The number of anilines is 2. The van der Waals surface area contributed by atoms with Gasteiger partial charge in [0.25, 0.3) is 15.9 Å². The van der Waals surface area contributed by atoms with Gasteiger partial charge in [0.1, 0.15) is 9.96 Å². The first-order valence-electron chi connectivity index (χ1n) is 9.53. The Morgan fingerprint density at radius 2 is 1.78 bits per heavy atom. The highest BCUT2D eigenvalue weighted by molar-refractivity contribution is 7.94. The molecule has 1 amide bonds. The smallest absolute Gasteiger partial charge is 0.344 e. The van der Waals surface area contributed by atoms with Crippen molar-refractivity contribution in [3.8, 4) is 5.75 Å². The summed E-state index contributed by atoms with van der Waals surface area (Å²) in [6.45, 7) is 1.08. The van der Waals surface area contributed by atoms with Crippen molar-refractivity contribution in [2.75, 3.05) is 29.9 Å². The molecule has 3 rings (SSSR count). The Morgan fingerprint density at radius 1 is 1.03 bits per heavy atom. The van der Waals surface area contributed by atoms with Crippen molar-refractivity contribution in [1.29, 1.82) is 0 Å². The van der Waals surface area contributed by atoms with E-state index in [9.17, 15) is 18.0 Å². The predicted molar refractivity (Wildman–Crippen MR) is 123 cm³/mol. The Morgan fingerprint density at radius 3 is 2.44 bits per heavy atom. The number of ether oxygens (including phenoxy) is 2. The molecule has 0 saturated heterocycles. The van der Waals surface area contributed by atoms with Crippen LogP contribution in [0, 0.1) is 6.92 Å². The molecule has 0 aliphatic rings. The van der Waals surface area contributed by atoms with Crippen molar-refractivity contribution in [2.24, 2.45) is 0 Å². The van der Waals surface area contributed by atoms with Crippen molar-refractivity contribution >= 4 is 44.6 Å². The van der Waals surface area contributed by atoms with Crippen molar-refractivity contribution in [3.63, 3.8) is 0 Å². The van der Waals surface area contributed by atoms with Crippen LogP contribution in [0.1, 0.15) is 5.56 Å². The lowest BCUT2D eigenvalue weighted by molar-refractivity contribution is -0.149. The zero-order chi connectivity index (χ0) is 23.1. The lowest BCUT2D eigenvalue weighted by atomic mass is 10.2. The van der Waals surface area contributed by atoms with E-state index in [1.807, 2.05) is 19.1 Å². The number of aryl methyl sites for hydroxylation is 1. The normalized spacial score (nSPS) is 10.9. The molecule has 2 aromatic carbocycles. The van der Waals surface area contributed by atoms with Gasteiger partial charge >= 0.3 is 5.97 Å². The van der Waals surface area contributed by atoms with Crippen molar-refractivity contribution in [1.82, 2.24) is 0 Å². The first-order chi connectivity index (χ1) is 15.3. The molecule has 0 bridgehead atoms. The fourth-order valence-corrected chi connectivity index (χ4v) is 5.04. The summed E-state index contributed by atoms with van der Waals surface area (Å²) in [5.74, 6) is -0.800. The molecule has 10 heteroatoms. The zero-order valence-electron chi connectivity index (χ0n) is 17.5. The van der Waals surface area contributed by atoms with Crippen LogP contribution in [-0.2, 0) is 24.3 Å². The van der Waals surface area contributed by atoms with E-state index in [1.165, 1.54) is 11.4 Å². The molecule has 0 saturated carbocycles. The van der Waals surface area contributed by atoms with E-state index in [1.54, 1.807) is 53.9 Å². The maximum atomic E-state index is 12.6. The summed E-state index contributed by atoms with van der Waals surface area (Å²) in [5, 5.41) is 4.34. The van der Waals surface area contributed by atoms with Crippen LogP contribution in [0.5, 0.6) is 5.75 Å². The third-order valence-corrected chi connectivity index (χ3v) is 7.49. The highest BCUT2D eigenvalue weighted by Crippen LogP contribution is 2.26.